The van der Waals surface area contributed by atoms with Gasteiger partial charge in [-0.15, -0.1) is 0 Å². The summed E-state index contributed by atoms with van der Waals surface area (Å²) in [7, 11) is 0. The molecule has 4 rings (SSSR count). The van der Waals surface area contributed by atoms with Crippen LogP contribution in [0, 0.1) is 5.82 Å². The summed E-state index contributed by atoms with van der Waals surface area (Å²) in [6, 6.07) is 10.7. The predicted octanol–water partition coefficient (Wildman–Crippen LogP) is 4.72. The third-order valence-corrected chi connectivity index (χ3v) is 5.87. The van der Waals surface area contributed by atoms with Crippen LogP contribution in [0.1, 0.15) is 48.2 Å². The minimum Gasteiger partial charge on any atom is -0.368 e. The predicted molar refractivity (Wildman–Crippen MR) is 108 cm³/mol. The summed E-state index contributed by atoms with van der Waals surface area (Å²) in [6.45, 7) is 0. The Morgan fingerprint density at radius 1 is 1.13 bits per heavy atom. The van der Waals surface area contributed by atoms with Crippen molar-refractivity contribution >= 4 is 29.8 Å². The van der Waals surface area contributed by atoms with E-state index in [2.05, 4.69) is 10.3 Å². The van der Waals surface area contributed by atoms with Crippen LogP contribution < -0.4 is 5.32 Å². The standard InChI is InChI=1S/C21H20F3N4OS/c22-14-6-4-13(5-7-14)21(29)28(30)16-10-8-15(9-11-16)25-18-2-1-3-19-26-17(20(23)24)12-27(18)19/h1-7,12,15-16,20,25H,8-11H2/q+1/t15-,16+. The first-order chi connectivity index (χ1) is 14.4. The van der Waals surface area contributed by atoms with Crippen molar-refractivity contribution < 1.29 is 21.9 Å². The van der Waals surface area contributed by atoms with Crippen LogP contribution in [0.2, 0.25) is 0 Å². The van der Waals surface area contributed by atoms with Crippen molar-refractivity contribution in [3.05, 3.63) is 65.7 Å². The van der Waals surface area contributed by atoms with Crippen LogP contribution in [-0.4, -0.2) is 31.3 Å². The lowest BCUT2D eigenvalue weighted by Crippen LogP contribution is -2.37. The normalized spacial score (nSPS) is 19.2. The van der Waals surface area contributed by atoms with Crippen LogP contribution in [0.3, 0.4) is 0 Å². The van der Waals surface area contributed by atoms with Crippen LogP contribution in [0.5, 0.6) is 0 Å². The molecular weight excluding hydrogens is 413 g/mol. The number of anilines is 1. The molecule has 0 aliphatic heterocycles. The van der Waals surface area contributed by atoms with Gasteiger partial charge < -0.3 is 5.32 Å². The summed E-state index contributed by atoms with van der Waals surface area (Å²) >= 11 is 5.34. The molecule has 1 fully saturated rings. The van der Waals surface area contributed by atoms with E-state index < -0.39 is 12.2 Å². The molecule has 2 heterocycles. The summed E-state index contributed by atoms with van der Waals surface area (Å²) in [5, 5.41) is 3.40. The second-order valence-electron chi connectivity index (χ2n) is 7.39. The number of pyridine rings is 1. The van der Waals surface area contributed by atoms with Gasteiger partial charge in [-0.25, -0.2) is 22.9 Å². The number of benzene rings is 1. The lowest BCUT2D eigenvalue weighted by molar-refractivity contribution is -0.448. The number of aromatic nitrogens is 2. The number of imidazole rings is 1. The third kappa shape index (κ3) is 4.21. The van der Waals surface area contributed by atoms with Crippen molar-refractivity contribution in [3.63, 3.8) is 0 Å². The van der Waals surface area contributed by atoms with E-state index in [1.807, 2.05) is 6.07 Å². The van der Waals surface area contributed by atoms with E-state index in [9.17, 15) is 18.0 Å². The average Bonchev–Trinajstić information content (AvgIpc) is 3.20. The van der Waals surface area contributed by atoms with Crippen molar-refractivity contribution in [2.45, 2.75) is 44.2 Å². The molecule has 1 aliphatic rings. The fourth-order valence-corrected chi connectivity index (χ4v) is 4.12. The number of halogens is 3. The lowest BCUT2D eigenvalue weighted by atomic mass is 9.91. The summed E-state index contributed by atoms with van der Waals surface area (Å²) in [6.07, 6.45) is 1.72. The van der Waals surface area contributed by atoms with Gasteiger partial charge >= 0.3 is 5.91 Å². The van der Waals surface area contributed by atoms with Crippen LogP contribution >= 0.6 is 0 Å². The lowest BCUT2D eigenvalue weighted by Gasteiger charge is -2.26. The Hall–Kier alpha value is -2.81. The van der Waals surface area contributed by atoms with Crippen molar-refractivity contribution in [2.24, 2.45) is 0 Å². The van der Waals surface area contributed by atoms with Crippen LogP contribution in [-0.2, 0) is 12.4 Å². The van der Waals surface area contributed by atoms with Crippen molar-refractivity contribution in [2.75, 3.05) is 5.32 Å². The first-order valence-electron chi connectivity index (χ1n) is 9.71. The molecule has 9 heteroatoms. The molecule has 0 radical (unpaired) electrons. The molecule has 1 amide bonds. The number of hydrogen-bond acceptors (Lipinski definition) is 4. The zero-order valence-electron chi connectivity index (χ0n) is 16.0. The maximum absolute atomic E-state index is 13.1. The number of nitrogens with one attached hydrogen (secondary N) is 1. The molecule has 1 aliphatic carbocycles. The van der Waals surface area contributed by atoms with E-state index in [0.29, 0.717) is 17.0 Å². The second-order valence-corrected chi connectivity index (χ2v) is 7.79. The van der Waals surface area contributed by atoms with E-state index >= 15 is 0 Å². The minimum absolute atomic E-state index is 0.0786. The van der Waals surface area contributed by atoms with Gasteiger partial charge in [0.2, 0.25) is 0 Å². The van der Waals surface area contributed by atoms with E-state index in [1.54, 1.807) is 16.5 Å². The van der Waals surface area contributed by atoms with Gasteiger partial charge in [0.05, 0.1) is 5.56 Å². The number of rotatable bonds is 5. The van der Waals surface area contributed by atoms with Gasteiger partial charge in [0, 0.05) is 25.1 Å². The SMILES string of the molecule is O=C(c1ccc(F)cc1)[N+](=S)[C@H]1CC[C@@H](Nc2cccc3nc(C(F)F)cn23)CC1. The van der Waals surface area contributed by atoms with Crippen LogP contribution in [0.25, 0.3) is 5.65 Å². The van der Waals surface area contributed by atoms with Gasteiger partial charge in [-0.1, -0.05) is 10.0 Å². The van der Waals surface area contributed by atoms with E-state index in [4.69, 9.17) is 12.4 Å². The van der Waals surface area contributed by atoms with Crippen LogP contribution in [0.4, 0.5) is 19.0 Å². The molecule has 0 bridgehead atoms. The Labute approximate surface area is 176 Å². The summed E-state index contributed by atoms with van der Waals surface area (Å²) in [4.78, 5) is 16.5. The summed E-state index contributed by atoms with van der Waals surface area (Å²) in [5.41, 5.74) is 0.577. The highest BCUT2D eigenvalue weighted by Gasteiger charge is 2.34. The molecule has 1 saturated carbocycles. The highest BCUT2D eigenvalue weighted by atomic mass is 32.1. The molecule has 0 unspecified atom stereocenters. The van der Waals surface area contributed by atoms with Gasteiger partial charge in [0.1, 0.15) is 23.0 Å². The first kappa shape index (κ1) is 20.5. The van der Waals surface area contributed by atoms with E-state index in [1.165, 1.54) is 34.4 Å². The number of alkyl halides is 2. The number of carbonyl (C=O) groups is 1. The average molecular weight is 433 g/mol. The Morgan fingerprint density at radius 3 is 2.50 bits per heavy atom. The van der Waals surface area contributed by atoms with Gasteiger partial charge in [-0.3, -0.25) is 4.40 Å². The van der Waals surface area contributed by atoms with E-state index in [0.717, 1.165) is 25.7 Å². The van der Waals surface area contributed by atoms with Gasteiger partial charge in [0.25, 0.3) is 18.9 Å². The monoisotopic (exact) mass is 433 g/mol. The molecule has 0 saturated heterocycles. The van der Waals surface area contributed by atoms with Gasteiger partial charge in [-0.05, 0) is 49.2 Å². The Bertz CT molecular complexity index is 1080. The van der Waals surface area contributed by atoms with E-state index in [-0.39, 0.29) is 23.7 Å². The highest BCUT2D eigenvalue weighted by molar-refractivity contribution is 7.44. The number of amides is 1. The molecule has 156 valence electrons. The van der Waals surface area contributed by atoms with Crippen molar-refractivity contribution in [1.29, 1.82) is 0 Å². The molecule has 3 aromatic rings. The molecule has 0 spiro atoms. The van der Waals surface area contributed by atoms with Gasteiger partial charge in [-0.2, -0.15) is 0 Å². The van der Waals surface area contributed by atoms with Crippen molar-refractivity contribution in [3.8, 4) is 0 Å². The molecule has 2 aromatic heterocycles. The zero-order valence-corrected chi connectivity index (χ0v) is 16.8. The molecule has 30 heavy (non-hydrogen) atoms. The maximum atomic E-state index is 13.1. The topological polar surface area (TPSA) is 49.4 Å². The first-order valence-corrected chi connectivity index (χ1v) is 10.1. The number of fused-ring (bicyclic) bond motifs is 1. The fraction of sp³-hybridized carbons (Fsp3) is 0.333. The zero-order chi connectivity index (χ0) is 21.3. The highest BCUT2D eigenvalue weighted by Crippen LogP contribution is 2.26. The molecule has 0 atom stereocenters. The summed E-state index contributed by atoms with van der Waals surface area (Å²) < 4.78 is 41.9. The molecule has 1 aromatic carbocycles. The third-order valence-electron chi connectivity index (χ3n) is 5.41. The molecular formula is C21H20F3N4OS+. The Morgan fingerprint density at radius 2 is 1.83 bits per heavy atom. The Balaban J connectivity index is 1.39. The quantitative estimate of drug-likeness (QED) is 0.592. The maximum Gasteiger partial charge on any atom is 0.433 e. The Kier molecular flexibility index (Phi) is 5.80. The van der Waals surface area contributed by atoms with Crippen LogP contribution in [0.15, 0.2) is 48.7 Å². The number of hydrogen-bond donors (Lipinski definition) is 1. The number of carbonyl (C=O) groups excluding carboxylic acids is 1. The summed E-state index contributed by atoms with van der Waals surface area (Å²) in [5.74, 6) is -0.000257. The second kappa shape index (κ2) is 8.51. The minimum atomic E-state index is -2.62. The number of nitrogens with zero attached hydrogens (tertiary/aromatic N) is 3. The largest absolute Gasteiger partial charge is 0.433 e. The molecule has 5 nitrogen and oxygen atoms in total. The van der Waals surface area contributed by atoms with Gasteiger partial charge in [0.15, 0.2) is 6.04 Å². The molecule has 1 N–H and O–H groups in total. The van der Waals surface area contributed by atoms with Crippen molar-refractivity contribution in [1.82, 2.24) is 9.38 Å². The fourth-order valence-electron chi connectivity index (χ4n) is 3.80. The smallest absolute Gasteiger partial charge is 0.368 e.